The number of fused-ring (bicyclic) bond motifs is 1. The van der Waals surface area contributed by atoms with Crippen molar-refractivity contribution in [2.75, 3.05) is 17.7 Å². The number of halogens is 1. The maximum atomic E-state index is 11.3. The molecule has 0 fully saturated rings. The minimum atomic E-state index is -0.504. The van der Waals surface area contributed by atoms with Crippen molar-refractivity contribution in [3.63, 3.8) is 0 Å². The quantitative estimate of drug-likeness (QED) is 0.821. The summed E-state index contributed by atoms with van der Waals surface area (Å²) in [6.45, 7) is 1.68. The first-order valence-electron chi connectivity index (χ1n) is 5.48. The molecule has 1 aliphatic heterocycles. The van der Waals surface area contributed by atoms with Crippen molar-refractivity contribution < 1.29 is 14.3 Å². The highest BCUT2D eigenvalue weighted by Gasteiger charge is 2.21. The van der Waals surface area contributed by atoms with E-state index in [1.54, 1.807) is 19.1 Å². The third-order valence-corrected chi connectivity index (χ3v) is 3.06. The molecule has 0 saturated heterocycles. The number of hydrogen-bond donors (Lipinski definition) is 2. The van der Waals surface area contributed by atoms with Crippen LogP contribution in [0.3, 0.4) is 0 Å². The van der Waals surface area contributed by atoms with E-state index in [1.165, 1.54) is 7.11 Å². The zero-order valence-electron chi connectivity index (χ0n) is 10.0. The van der Waals surface area contributed by atoms with Crippen LogP contribution in [0.5, 0.6) is 0 Å². The first-order chi connectivity index (χ1) is 8.51. The van der Waals surface area contributed by atoms with E-state index in [9.17, 15) is 9.59 Å². The number of nitrogens with one attached hydrogen (secondary N) is 2. The molecule has 0 aromatic heterocycles. The first kappa shape index (κ1) is 12.7. The van der Waals surface area contributed by atoms with Crippen molar-refractivity contribution in [1.82, 2.24) is 0 Å². The molecule has 1 amide bonds. The van der Waals surface area contributed by atoms with Gasteiger partial charge in [0.15, 0.2) is 0 Å². The van der Waals surface area contributed by atoms with Crippen LogP contribution in [0.1, 0.15) is 12.5 Å². The van der Waals surface area contributed by atoms with E-state index in [0.29, 0.717) is 17.1 Å². The molecule has 1 heterocycles. The second-order valence-electron chi connectivity index (χ2n) is 4.10. The van der Waals surface area contributed by atoms with Gasteiger partial charge in [0, 0.05) is 5.69 Å². The van der Waals surface area contributed by atoms with Crippen LogP contribution in [0.15, 0.2) is 12.1 Å². The van der Waals surface area contributed by atoms with Gasteiger partial charge in [-0.1, -0.05) is 11.6 Å². The zero-order valence-corrected chi connectivity index (χ0v) is 10.8. The summed E-state index contributed by atoms with van der Waals surface area (Å²) < 4.78 is 4.62. The van der Waals surface area contributed by atoms with Crippen molar-refractivity contribution >= 4 is 34.9 Å². The number of ether oxygens (including phenoxy) is 1. The molecule has 5 nitrogen and oxygen atoms in total. The van der Waals surface area contributed by atoms with Gasteiger partial charge in [-0.2, -0.15) is 0 Å². The molecule has 0 aliphatic carbocycles. The smallest absolute Gasteiger partial charge is 0.327 e. The lowest BCUT2D eigenvalue weighted by molar-refractivity contribution is -0.141. The molecule has 96 valence electrons. The maximum Gasteiger partial charge on any atom is 0.327 e. The lowest BCUT2D eigenvalue weighted by Crippen LogP contribution is -2.27. The highest BCUT2D eigenvalue weighted by atomic mass is 35.5. The van der Waals surface area contributed by atoms with E-state index >= 15 is 0 Å². The fourth-order valence-corrected chi connectivity index (χ4v) is 2.05. The third kappa shape index (κ3) is 2.41. The van der Waals surface area contributed by atoms with E-state index in [0.717, 1.165) is 11.3 Å². The van der Waals surface area contributed by atoms with E-state index in [-0.39, 0.29) is 11.9 Å². The Kier molecular flexibility index (Phi) is 3.43. The molecule has 0 spiro atoms. The number of rotatable bonds is 3. The molecule has 1 unspecified atom stereocenters. The number of benzene rings is 1. The standard InChI is InChI=1S/C12H13ClN2O3/c1-6(12(17)18-2)14-10-3-7-4-11(16)15-9(7)5-8(10)13/h3,5-6,14H,4H2,1-2H3,(H,15,16). The van der Waals surface area contributed by atoms with Gasteiger partial charge in [-0.25, -0.2) is 4.79 Å². The summed E-state index contributed by atoms with van der Waals surface area (Å²) in [6, 6.07) is 2.94. The molecule has 6 heteroatoms. The second-order valence-corrected chi connectivity index (χ2v) is 4.51. The van der Waals surface area contributed by atoms with Gasteiger partial charge in [-0.3, -0.25) is 4.79 Å². The van der Waals surface area contributed by atoms with Crippen LogP contribution < -0.4 is 10.6 Å². The Bertz CT molecular complexity index is 516. The van der Waals surface area contributed by atoms with Crippen LogP contribution in [-0.2, 0) is 20.7 Å². The summed E-state index contributed by atoms with van der Waals surface area (Å²) >= 11 is 6.08. The van der Waals surface area contributed by atoms with Crippen molar-refractivity contribution in [2.45, 2.75) is 19.4 Å². The highest BCUT2D eigenvalue weighted by Crippen LogP contribution is 2.33. The number of esters is 1. The van der Waals surface area contributed by atoms with Crippen LogP contribution in [0, 0.1) is 0 Å². The predicted molar refractivity (Wildman–Crippen MR) is 68.9 cm³/mol. The molecule has 0 radical (unpaired) electrons. The molecule has 1 atom stereocenters. The SMILES string of the molecule is COC(=O)C(C)Nc1cc2c(cc1Cl)NC(=O)C2. The summed E-state index contributed by atoms with van der Waals surface area (Å²) in [6.07, 6.45) is 0.327. The van der Waals surface area contributed by atoms with E-state index < -0.39 is 6.04 Å². The molecule has 1 aliphatic rings. The Morgan fingerprint density at radius 1 is 1.56 bits per heavy atom. The van der Waals surface area contributed by atoms with Crippen molar-refractivity contribution in [3.05, 3.63) is 22.7 Å². The average molecular weight is 269 g/mol. The average Bonchev–Trinajstić information content (AvgIpc) is 2.67. The molecule has 0 saturated carbocycles. The molecular formula is C12H13ClN2O3. The number of hydrogen-bond acceptors (Lipinski definition) is 4. The predicted octanol–water partition coefficient (Wildman–Crippen LogP) is 1.81. The molecule has 2 rings (SSSR count). The van der Waals surface area contributed by atoms with E-state index in [2.05, 4.69) is 15.4 Å². The van der Waals surface area contributed by atoms with Crippen LogP contribution >= 0.6 is 11.6 Å². The number of methoxy groups -OCH3 is 1. The highest BCUT2D eigenvalue weighted by molar-refractivity contribution is 6.33. The summed E-state index contributed by atoms with van der Waals surface area (Å²) in [5.41, 5.74) is 2.20. The summed E-state index contributed by atoms with van der Waals surface area (Å²) in [5, 5.41) is 6.12. The lowest BCUT2D eigenvalue weighted by atomic mass is 10.1. The lowest BCUT2D eigenvalue weighted by Gasteiger charge is -2.15. The largest absolute Gasteiger partial charge is 0.467 e. The van der Waals surface area contributed by atoms with Gasteiger partial charge in [-0.15, -0.1) is 0 Å². The molecular weight excluding hydrogens is 256 g/mol. The number of carbonyl (C=O) groups is 2. The van der Waals surface area contributed by atoms with Crippen molar-refractivity contribution in [2.24, 2.45) is 0 Å². The van der Waals surface area contributed by atoms with Crippen LogP contribution in [0.25, 0.3) is 0 Å². The third-order valence-electron chi connectivity index (χ3n) is 2.74. The molecule has 18 heavy (non-hydrogen) atoms. The van der Waals surface area contributed by atoms with Crippen LogP contribution in [0.2, 0.25) is 5.02 Å². The Morgan fingerprint density at radius 3 is 2.94 bits per heavy atom. The maximum absolute atomic E-state index is 11.3. The Hall–Kier alpha value is -1.75. The number of amides is 1. The Balaban J connectivity index is 2.22. The topological polar surface area (TPSA) is 67.4 Å². The van der Waals surface area contributed by atoms with Crippen molar-refractivity contribution in [3.8, 4) is 0 Å². The molecule has 1 aromatic carbocycles. The van der Waals surface area contributed by atoms with Gasteiger partial charge in [0.2, 0.25) is 5.91 Å². The van der Waals surface area contributed by atoms with Gasteiger partial charge in [0.05, 0.1) is 24.2 Å². The van der Waals surface area contributed by atoms with Gasteiger partial charge in [0.25, 0.3) is 0 Å². The fourth-order valence-electron chi connectivity index (χ4n) is 1.83. The minimum Gasteiger partial charge on any atom is -0.467 e. The fraction of sp³-hybridized carbons (Fsp3) is 0.333. The monoisotopic (exact) mass is 268 g/mol. The van der Waals surface area contributed by atoms with Crippen LogP contribution in [0.4, 0.5) is 11.4 Å². The van der Waals surface area contributed by atoms with Gasteiger partial charge < -0.3 is 15.4 Å². The second kappa shape index (κ2) is 4.86. The summed E-state index contributed by atoms with van der Waals surface area (Å²) in [4.78, 5) is 22.6. The Morgan fingerprint density at radius 2 is 2.28 bits per heavy atom. The van der Waals surface area contributed by atoms with Gasteiger partial charge in [0.1, 0.15) is 6.04 Å². The van der Waals surface area contributed by atoms with Crippen molar-refractivity contribution in [1.29, 1.82) is 0 Å². The van der Waals surface area contributed by atoms with E-state index in [1.807, 2.05) is 0 Å². The summed E-state index contributed by atoms with van der Waals surface area (Å²) in [7, 11) is 1.33. The minimum absolute atomic E-state index is 0.0563. The van der Waals surface area contributed by atoms with Gasteiger partial charge >= 0.3 is 5.97 Å². The molecule has 2 N–H and O–H groups in total. The normalized spacial score (nSPS) is 14.7. The van der Waals surface area contributed by atoms with Gasteiger partial charge in [-0.05, 0) is 24.6 Å². The zero-order chi connectivity index (χ0) is 13.3. The molecule has 0 bridgehead atoms. The van der Waals surface area contributed by atoms with Crippen LogP contribution in [-0.4, -0.2) is 25.0 Å². The first-order valence-corrected chi connectivity index (χ1v) is 5.85. The van der Waals surface area contributed by atoms with E-state index in [4.69, 9.17) is 11.6 Å². The molecule has 1 aromatic rings. The number of carbonyl (C=O) groups excluding carboxylic acids is 2. The Labute approximate surface area is 109 Å². The number of anilines is 2. The summed E-state index contributed by atoms with van der Waals surface area (Å²) in [5.74, 6) is -0.431.